The Balaban J connectivity index is 2.44. The van der Waals surface area contributed by atoms with Crippen LogP contribution in [0, 0.1) is 17.8 Å². The molecule has 1 saturated carbocycles. The molecule has 0 aliphatic heterocycles. The van der Waals surface area contributed by atoms with Crippen molar-refractivity contribution >= 4 is 11.9 Å². The molecule has 1 aliphatic carbocycles. The molecule has 0 radical (unpaired) electrons. The van der Waals surface area contributed by atoms with E-state index in [4.69, 9.17) is 4.74 Å². The predicted octanol–water partition coefficient (Wildman–Crippen LogP) is 3.22. The van der Waals surface area contributed by atoms with Gasteiger partial charge in [-0.1, -0.05) is 13.8 Å². The maximum absolute atomic E-state index is 12.3. The zero-order chi connectivity index (χ0) is 17.6. The van der Waals surface area contributed by atoms with Crippen LogP contribution in [-0.4, -0.2) is 35.2 Å². The van der Waals surface area contributed by atoms with Gasteiger partial charge in [0.25, 0.3) is 0 Å². The monoisotopic (exact) mass is 327 g/mol. The Hall–Kier alpha value is -1.10. The molecule has 0 aromatic rings. The second-order valence-electron chi connectivity index (χ2n) is 8.00. The Bertz CT molecular complexity index is 392. The Labute approximate surface area is 140 Å². The topological polar surface area (TPSA) is 75.6 Å². The number of amides is 1. The maximum Gasteiger partial charge on any atom is 0.326 e. The highest BCUT2D eigenvalue weighted by Crippen LogP contribution is 2.33. The van der Waals surface area contributed by atoms with Gasteiger partial charge in [0.1, 0.15) is 6.04 Å². The van der Waals surface area contributed by atoms with E-state index >= 15 is 0 Å². The van der Waals surface area contributed by atoms with Gasteiger partial charge >= 0.3 is 5.97 Å². The molecule has 0 aromatic carbocycles. The molecule has 0 saturated heterocycles. The third kappa shape index (κ3) is 7.34. The number of ether oxygens (including phenoxy) is 1. The van der Waals surface area contributed by atoms with Crippen molar-refractivity contribution < 1.29 is 19.4 Å². The Morgan fingerprint density at radius 1 is 1.17 bits per heavy atom. The lowest BCUT2D eigenvalue weighted by atomic mass is 9.76. The van der Waals surface area contributed by atoms with E-state index in [1.54, 1.807) is 0 Å². The number of carbonyl (C=O) groups is 2. The highest BCUT2D eigenvalue weighted by molar-refractivity contribution is 5.85. The van der Waals surface area contributed by atoms with Crippen LogP contribution < -0.4 is 5.32 Å². The van der Waals surface area contributed by atoms with Crippen LogP contribution in [0.25, 0.3) is 0 Å². The van der Waals surface area contributed by atoms with Crippen molar-refractivity contribution in [3.63, 3.8) is 0 Å². The molecule has 0 aromatic heterocycles. The Morgan fingerprint density at radius 3 is 2.17 bits per heavy atom. The SMILES string of the molecule is CC(C)C1CCC(C(=O)NC(CCOC(C)(C)C)C(=O)O)CC1. The number of carbonyl (C=O) groups excluding carboxylic acids is 1. The normalized spacial score (nSPS) is 23.6. The molecule has 1 rings (SSSR count). The van der Waals surface area contributed by atoms with Crippen molar-refractivity contribution in [2.45, 2.75) is 78.4 Å². The van der Waals surface area contributed by atoms with Gasteiger partial charge in [-0.25, -0.2) is 4.79 Å². The fraction of sp³-hybridized carbons (Fsp3) is 0.889. The van der Waals surface area contributed by atoms with Gasteiger partial charge in [0.05, 0.1) is 5.60 Å². The van der Waals surface area contributed by atoms with Gasteiger partial charge in [-0.3, -0.25) is 4.79 Å². The van der Waals surface area contributed by atoms with Crippen molar-refractivity contribution in [2.75, 3.05) is 6.61 Å². The van der Waals surface area contributed by atoms with Gasteiger partial charge < -0.3 is 15.2 Å². The number of aliphatic carboxylic acids is 1. The predicted molar refractivity (Wildman–Crippen MR) is 90.2 cm³/mol. The molecule has 23 heavy (non-hydrogen) atoms. The molecular weight excluding hydrogens is 294 g/mol. The summed E-state index contributed by atoms with van der Waals surface area (Å²) in [6.45, 7) is 10.5. The van der Waals surface area contributed by atoms with Crippen LogP contribution in [0.4, 0.5) is 0 Å². The molecule has 0 spiro atoms. The molecule has 0 bridgehead atoms. The largest absolute Gasteiger partial charge is 0.480 e. The summed E-state index contributed by atoms with van der Waals surface area (Å²) in [5.74, 6) is 0.187. The van der Waals surface area contributed by atoms with Crippen LogP contribution in [0.15, 0.2) is 0 Å². The summed E-state index contributed by atoms with van der Waals surface area (Å²) < 4.78 is 5.56. The molecule has 134 valence electrons. The van der Waals surface area contributed by atoms with Crippen LogP contribution in [-0.2, 0) is 14.3 Å². The number of carboxylic acid groups (broad SMARTS) is 1. The van der Waals surface area contributed by atoms with Crippen LogP contribution in [0.5, 0.6) is 0 Å². The highest BCUT2D eigenvalue weighted by atomic mass is 16.5. The van der Waals surface area contributed by atoms with Crippen molar-refractivity contribution in [3.05, 3.63) is 0 Å². The van der Waals surface area contributed by atoms with E-state index in [2.05, 4.69) is 19.2 Å². The summed E-state index contributed by atoms with van der Waals surface area (Å²) in [5, 5.41) is 12.0. The Kier molecular flexibility index (Phi) is 7.52. The summed E-state index contributed by atoms with van der Waals surface area (Å²) in [6.07, 6.45) is 4.12. The molecule has 1 aliphatic rings. The van der Waals surface area contributed by atoms with Crippen LogP contribution in [0.3, 0.4) is 0 Å². The van der Waals surface area contributed by atoms with Crippen LogP contribution >= 0.6 is 0 Å². The number of nitrogens with one attached hydrogen (secondary N) is 1. The third-order valence-corrected chi connectivity index (χ3v) is 4.64. The minimum atomic E-state index is -0.994. The van der Waals surface area contributed by atoms with Gasteiger partial charge in [0, 0.05) is 18.9 Å². The van der Waals surface area contributed by atoms with Gasteiger partial charge in [0.2, 0.25) is 5.91 Å². The van der Waals surface area contributed by atoms with Crippen molar-refractivity contribution in [3.8, 4) is 0 Å². The summed E-state index contributed by atoms with van der Waals surface area (Å²) in [4.78, 5) is 23.7. The van der Waals surface area contributed by atoms with E-state index < -0.39 is 12.0 Å². The molecule has 0 heterocycles. The van der Waals surface area contributed by atoms with E-state index in [-0.39, 0.29) is 17.4 Å². The van der Waals surface area contributed by atoms with E-state index in [1.807, 2.05) is 20.8 Å². The van der Waals surface area contributed by atoms with Crippen LogP contribution in [0.1, 0.15) is 66.7 Å². The average molecular weight is 327 g/mol. The van der Waals surface area contributed by atoms with E-state index in [0.717, 1.165) is 25.7 Å². The van der Waals surface area contributed by atoms with E-state index in [0.29, 0.717) is 24.9 Å². The summed E-state index contributed by atoms with van der Waals surface area (Å²) >= 11 is 0. The highest BCUT2D eigenvalue weighted by Gasteiger charge is 2.30. The van der Waals surface area contributed by atoms with Gasteiger partial charge in [0.15, 0.2) is 0 Å². The van der Waals surface area contributed by atoms with Crippen molar-refractivity contribution in [2.24, 2.45) is 17.8 Å². The third-order valence-electron chi connectivity index (χ3n) is 4.64. The first-order chi connectivity index (χ1) is 10.6. The lowest BCUT2D eigenvalue weighted by Crippen LogP contribution is -2.45. The lowest BCUT2D eigenvalue weighted by molar-refractivity contribution is -0.143. The molecule has 5 nitrogen and oxygen atoms in total. The molecular formula is C18H33NO4. The smallest absolute Gasteiger partial charge is 0.326 e. The molecule has 1 atom stereocenters. The first-order valence-electron chi connectivity index (χ1n) is 8.77. The van der Waals surface area contributed by atoms with Gasteiger partial charge in [-0.2, -0.15) is 0 Å². The lowest BCUT2D eigenvalue weighted by Gasteiger charge is -2.30. The minimum absolute atomic E-state index is 0.0459. The Morgan fingerprint density at radius 2 is 1.74 bits per heavy atom. The second kappa shape index (κ2) is 8.67. The summed E-state index contributed by atoms with van der Waals surface area (Å²) in [5.41, 5.74) is -0.303. The van der Waals surface area contributed by atoms with Gasteiger partial charge in [-0.05, 0) is 58.3 Å². The summed E-state index contributed by atoms with van der Waals surface area (Å²) in [7, 11) is 0. The quantitative estimate of drug-likeness (QED) is 0.753. The van der Waals surface area contributed by atoms with E-state index in [1.165, 1.54) is 0 Å². The second-order valence-corrected chi connectivity index (χ2v) is 8.00. The molecule has 5 heteroatoms. The molecule has 2 N–H and O–H groups in total. The fourth-order valence-electron chi connectivity index (χ4n) is 3.08. The molecule has 1 amide bonds. The number of rotatable bonds is 7. The molecule has 1 fully saturated rings. The molecule has 1 unspecified atom stereocenters. The first-order valence-corrected chi connectivity index (χ1v) is 8.77. The fourth-order valence-corrected chi connectivity index (χ4v) is 3.08. The minimum Gasteiger partial charge on any atom is -0.480 e. The number of hydrogen-bond donors (Lipinski definition) is 2. The maximum atomic E-state index is 12.3. The average Bonchev–Trinajstić information content (AvgIpc) is 2.44. The zero-order valence-electron chi connectivity index (χ0n) is 15.2. The van der Waals surface area contributed by atoms with Crippen molar-refractivity contribution in [1.29, 1.82) is 0 Å². The van der Waals surface area contributed by atoms with Crippen molar-refractivity contribution in [1.82, 2.24) is 5.32 Å². The standard InChI is InChI=1S/C18H33NO4/c1-12(2)13-6-8-14(9-7-13)16(20)19-15(17(21)22)10-11-23-18(3,4)5/h12-15H,6-11H2,1-5H3,(H,19,20)(H,21,22). The number of hydrogen-bond acceptors (Lipinski definition) is 3. The van der Waals surface area contributed by atoms with Crippen LogP contribution in [0.2, 0.25) is 0 Å². The number of carboxylic acids is 1. The van der Waals surface area contributed by atoms with Gasteiger partial charge in [-0.15, -0.1) is 0 Å². The zero-order valence-corrected chi connectivity index (χ0v) is 15.2. The van der Waals surface area contributed by atoms with E-state index in [9.17, 15) is 14.7 Å². The summed E-state index contributed by atoms with van der Waals surface area (Å²) in [6, 6.07) is -0.868. The first kappa shape index (κ1) is 19.9.